The molecule has 2 aromatic carbocycles. The summed E-state index contributed by atoms with van der Waals surface area (Å²) in [6.07, 6.45) is 8.05. The lowest BCUT2D eigenvalue weighted by Gasteiger charge is -2.29. The second kappa shape index (κ2) is 15.4. The van der Waals surface area contributed by atoms with Crippen molar-refractivity contribution in [3.8, 4) is 17.3 Å². The molecule has 3 aromatic heterocycles. The minimum Gasteiger partial charge on any atom is -0.380 e. The summed E-state index contributed by atoms with van der Waals surface area (Å²) >= 11 is 0. The van der Waals surface area contributed by atoms with E-state index in [1.165, 1.54) is 3.97 Å². The number of hydrogen-bond acceptors (Lipinski definition) is 8. The molecule has 5 aromatic rings. The lowest BCUT2D eigenvalue weighted by Crippen LogP contribution is -2.38. The number of aryl methyl sites for hydroxylation is 1. The predicted octanol–water partition coefficient (Wildman–Crippen LogP) is 8.58. The summed E-state index contributed by atoms with van der Waals surface area (Å²) in [7, 11) is -6.76. The molecule has 11 nitrogen and oxygen atoms in total. The molecule has 0 amide bonds. The molecule has 0 bridgehead atoms. The number of imidazole rings is 1. The molecule has 0 spiro atoms. The average Bonchev–Trinajstić information content (AvgIpc) is 3.83. The van der Waals surface area contributed by atoms with Crippen LogP contribution in [0.1, 0.15) is 48.9 Å². The van der Waals surface area contributed by atoms with Gasteiger partial charge in [0.25, 0.3) is 0 Å². The van der Waals surface area contributed by atoms with Crippen LogP contribution in [0.2, 0.25) is 51.4 Å². The minimum atomic E-state index is -4.05. The molecule has 1 N–H and O–H groups in total. The fraction of sp³-hybridized carbons (Fsp3) is 0.439. The van der Waals surface area contributed by atoms with Gasteiger partial charge in [-0.05, 0) is 74.7 Å². The van der Waals surface area contributed by atoms with Crippen LogP contribution in [0.15, 0.2) is 72.6 Å². The van der Waals surface area contributed by atoms with Gasteiger partial charge in [-0.25, -0.2) is 22.1 Å². The van der Waals surface area contributed by atoms with E-state index < -0.39 is 37.0 Å². The third-order valence-corrected chi connectivity index (χ3v) is 16.0. The van der Waals surface area contributed by atoms with Crippen LogP contribution in [-0.2, 0) is 33.0 Å². The molecule has 0 fully saturated rings. The van der Waals surface area contributed by atoms with Crippen molar-refractivity contribution in [2.24, 2.45) is 0 Å². The van der Waals surface area contributed by atoms with Crippen LogP contribution in [0.3, 0.4) is 0 Å². The van der Waals surface area contributed by atoms with Gasteiger partial charge in [-0.2, -0.15) is 10.4 Å². The van der Waals surface area contributed by atoms with Crippen LogP contribution < -0.4 is 0 Å². The maximum Gasteiger partial charge on any atom is 0.248 e. The second-order valence-corrected chi connectivity index (χ2v) is 30.9. The highest BCUT2D eigenvalue weighted by Gasteiger charge is 2.41. The number of ether oxygens (including phenoxy) is 2. The van der Waals surface area contributed by atoms with E-state index in [2.05, 4.69) is 50.4 Å². The molecule has 14 heteroatoms. The summed E-state index contributed by atoms with van der Waals surface area (Å²) in [6, 6.07) is 15.0. The quantitative estimate of drug-likeness (QED) is 0.0822. The third kappa shape index (κ3) is 8.38. The van der Waals surface area contributed by atoms with E-state index in [4.69, 9.17) is 14.5 Å². The highest BCUT2D eigenvalue weighted by atomic mass is 32.2. The molecule has 2 unspecified atom stereocenters. The third-order valence-electron chi connectivity index (χ3n) is 10.3. The number of allylic oxidation sites excluding steroid dienone is 3. The number of fused-ring (bicyclic) bond motifs is 2. The Morgan fingerprint density at radius 2 is 1.69 bits per heavy atom. The van der Waals surface area contributed by atoms with Gasteiger partial charge in [0, 0.05) is 52.7 Å². The first kappa shape index (κ1) is 40.6. The van der Waals surface area contributed by atoms with E-state index in [0.29, 0.717) is 69.8 Å². The van der Waals surface area contributed by atoms with E-state index in [9.17, 15) is 18.8 Å². The topological polar surface area (TPSA) is 137 Å². The van der Waals surface area contributed by atoms with Gasteiger partial charge in [0.1, 0.15) is 30.1 Å². The van der Waals surface area contributed by atoms with Gasteiger partial charge in [0.15, 0.2) is 0 Å². The van der Waals surface area contributed by atoms with Gasteiger partial charge in [-0.3, -0.25) is 0 Å². The van der Waals surface area contributed by atoms with Crippen molar-refractivity contribution < 1.29 is 23.0 Å². The zero-order chi connectivity index (χ0) is 39.9. The second-order valence-electron chi connectivity index (χ2n) is 17.4. The van der Waals surface area contributed by atoms with Gasteiger partial charge in [-0.1, -0.05) is 75.2 Å². The summed E-state index contributed by atoms with van der Waals surface area (Å²) in [6.45, 7) is 20.8. The number of aliphatic hydroxyl groups excluding tert-OH is 1. The molecule has 3 heterocycles. The molecule has 0 radical (unpaired) electrons. The zero-order valence-electron chi connectivity index (χ0n) is 33.5. The normalized spacial score (nSPS) is 17.2. The molecule has 1 aliphatic rings. The van der Waals surface area contributed by atoms with E-state index >= 15 is 0 Å². The van der Waals surface area contributed by atoms with Crippen molar-refractivity contribution in [3.05, 3.63) is 95.1 Å². The van der Waals surface area contributed by atoms with Crippen LogP contribution >= 0.6 is 0 Å². The molecular formula is C41H54N6O5SSi2. The molecule has 0 aliphatic heterocycles. The summed E-state index contributed by atoms with van der Waals surface area (Å²) in [5.74, 6) is 0.330. The zero-order valence-corrected chi connectivity index (χ0v) is 36.4. The Morgan fingerprint density at radius 3 is 2.35 bits per heavy atom. The molecule has 292 valence electrons. The fourth-order valence-electron chi connectivity index (χ4n) is 7.03. The van der Waals surface area contributed by atoms with Gasteiger partial charge >= 0.3 is 0 Å². The summed E-state index contributed by atoms with van der Waals surface area (Å²) in [5.41, 5.74) is 5.57. The minimum absolute atomic E-state index is 0.124. The molecule has 2 atom stereocenters. The maximum absolute atomic E-state index is 14.9. The summed E-state index contributed by atoms with van der Waals surface area (Å²) in [5, 5.41) is 27.5. The number of aliphatic hydroxyl groups is 1. The van der Waals surface area contributed by atoms with Crippen molar-refractivity contribution in [2.75, 3.05) is 13.2 Å². The Bertz CT molecular complexity index is 2440. The van der Waals surface area contributed by atoms with Crippen LogP contribution in [0, 0.1) is 18.3 Å². The highest BCUT2D eigenvalue weighted by Crippen LogP contribution is 2.42. The van der Waals surface area contributed by atoms with Gasteiger partial charge in [0.05, 0.1) is 33.9 Å². The summed E-state index contributed by atoms with van der Waals surface area (Å²) < 4.78 is 45.9. The molecule has 0 saturated heterocycles. The Morgan fingerprint density at radius 1 is 1.00 bits per heavy atom. The number of nitriles is 1. The smallest absolute Gasteiger partial charge is 0.248 e. The van der Waals surface area contributed by atoms with Gasteiger partial charge < -0.3 is 19.1 Å². The lowest BCUT2D eigenvalue weighted by molar-refractivity contribution is 0.0798. The Balaban J connectivity index is 1.55. The van der Waals surface area contributed by atoms with Crippen molar-refractivity contribution in [1.29, 1.82) is 5.26 Å². The monoisotopic (exact) mass is 798 g/mol. The van der Waals surface area contributed by atoms with Crippen LogP contribution in [-0.4, -0.2) is 70.9 Å². The molecule has 1 aliphatic carbocycles. The SMILES string of the molecule is CC1=CC(C)(S(=O)(=O)n2cc(-c3ccnn3COCC[Si](C)(C)C)c3c(C(O)c4nc5ccc(C#N)cc5n4COCC[Si](C)(C)C)ccc(C)c32)CC=C1. The van der Waals surface area contributed by atoms with Gasteiger partial charge in [-0.15, -0.1) is 0 Å². The van der Waals surface area contributed by atoms with Crippen LogP contribution in [0.4, 0.5) is 0 Å². The van der Waals surface area contributed by atoms with Crippen molar-refractivity contribution in [2.45, 2.75) is 103 Å². The molecule has 55 heavy (non-hydrogen) atoms. The Hall–Kier alpha value is -4.11. The van der Waals surface area contributed by atoms with Crippen molar-refractivity contribution in [3.63, 3.8) is 0 Å². The van der Waals surface area contributed by atoms with Crippen LogP contribution in [0.25, 0.3) is 33.2 Å². The highest BCUT2D eigenvalue weighted by molar-refractivity contribution is 7.91. The molecule has 0 saturated carbocycles. The average molecular weight is 799 g/mol. The Kier molecular flexibility index (Phi) is 11.4. The standard InChI is InChI=1S/C41H54N6O5SSi2/c1-29-11-10-17-41(3,24-29)53(49,50)47-26-33(35-16-18-43-46(35)28-52-20-22-55(7,8)9)37-32(14-12-30(2)38(37)47)39(48)40-44-34-15-13-31(25-42)23-36(34)45(40)27-51-19-21-54(4,5)6/h10-16,18,23-24,26,39,48H,17,19-22,27-28H2,1-9H3. The summed E-state index contributed by atoms with van der Waals surface area (Å²) in [4.78, 5) is 4.91. The van der Waals surface area contributed by atoms with E-state index in [-0.39, 0.29) is 13.5 Å². The number of benzene rings is 2. The molecule has 6 rings (SSSR count). The lowest BCUT2D eigenvalue weighted by atomic mass is 9.97. The first-order valence-electron chi connectivity index (χ1n) is 18.9. The van der Waals surface area contributed by atoms with Gasteiger partial charge in [0.2, 0.25) is 10.0 Å². The number of hydrogen-bond donors (Lipinski definition) is 1. The van der Waals surface area contributed by atoms with E-state index in [0.717, 1.165) is 23.2 Å². The molecular weight excluding hydrogens is 745 g/mol. The van der Waals surface area contributed by atoms with E-state index in [1.807, 2.05) is 54.8 Å². The maximum atomic E-state index is 14.9. The number of nitrogens with zero attached hydrogens (tertiary/aromatic N) is 6. The number of rotatable bonds is 15. The fourth-order valence-corrected chi connectivity index (χ4v) is 10.4. The first-order valence-corrected chi connectivity index (χ1v) is 27.7. The predicted molar refractivity (Wildman–Crippen MR) is 225 cm³/mol. The van der Waals surface area contributed by atoms with E-state index in [1.54, 1.807) is 42.2 Å². The van der Waals surface area contributed by atoms with Crippen molar-refractivity contribution in [1.82, 2.24) is 23.3 Å². The Labute approximate surface area is 327 Å². The first-order chi connectivity index (χ1) is 25.8. The number of aromatic nitrogens is 5. The van der Waals surface area contributed by atoms with Crippen molar-refractivity contribution >= 4 is 48.1 Å². The van der Waals surface area contributed by atoms with Crippen LogP contribution in [0.5, 0.6) is 0 Å². The largest absolute Gasteiger partial charge is 0.380 e.